The van der Waals surface area contributed by atoms with E-state index in [0.717, 1.165) is 33.9 Å². The van der Waals surface area contributed by atoms with Crippen molar-refractivity contribution in [3.8, 4) is 45.0 Å². The number of aromatic nitrogens is 2. The Morgan fingerprint density at radius 1 is 0.342 bits per heavy atom. The molecule has 0 radical (unpaired) electrons. The highest BCUT2D eigenvalue weighted by Gasteiger charge is 2.13. The average Bonchev–Trinajstić information content (AvgIpc) is 3.01. The summed E-state index contributed by atoms with van der Waals surface area (Å²) in [5.41, 5.74) is 7.39. The Morgan fingerprint density at radius 3 is 1.82 bits per heavy atom. The van der Waals surface area contributed by atoms with Crippen molar-refractivity contribution >= 4 is 21.5 Å². The Balaban J connectivity index is 1.35. The fraction of sp³-hybridized carbons (Fsp3) is 0. The van der Waals surface area contributed by atoms with Crippen LogP contribution < -0.4 is 0 Å². The Bertz CT molecular complexity index is 1900. The van der Waals surface area contributed by atoms with Crippen LogP contribution in [0.1, 0.15) is 0 Å². The quantitative estimate of drug-likeness (QED) is 0.249. The van der Waals surface area contributed by atoms with Gasteiger partial charge in [0, 0.05) is 16.7 Å². The van der Waals surface area contributed by atoms with Crippen molar-refractivity contribution in [2.24, 2.45) is 0 Å². The summed E-state index contributed by atoms with van der Waals surface area (Å²) in [5, 5.41) is 4.88. The molecule has 7 rings (SSSR count). The molecule has 1 heterocycles. The molecule has 0 atom stereocenters. The zero-order valence-corrected chi connectivity index (χ0v) is 20.8. The SMILES string of the molecule is c1ccc(-c2cc(-c3cccc4ccccc34)nc(-c3ccc(-c4ccc5ccccc5c4)cc3)n2)cc1. The van der Waals surface area contributed by atoms with E-state index in [1.807, 2.05) is 18.2 Å². The number of rotatable bonds is 4. The minimum absolute atomic E-state index is 0.722. The second-order valence-corrected chi connectivity index (χ2v) is 9.49. The van der Waals surface area contributed by atoms with E-state index in [9.17, 15) is 0 Å². The highest BCUT2D eigenvalue weighted by molar-refractivity contribution is 5.96. The Labute approximate surface area is 221 Å². The van der Waals surface area contributed by atoms with Crippen molar-refractivity contribution in [3.63, 3.8) is 0 Å². The van der Waals surface area contributed by atoms with Gasteiger partial charge in [-0.15, -0.1) is 0 Å². The van der Waals surface area contributed by atoms with Crippen LogP contribution in [0.3, 0.4) is 0 Å². The van der Waals surface area contributed by atoms with Crippen LogP contribution in [0.15, 0.2) is 146 Å². The summed E-state index contributed by atoms with van der Waals surface area (Å²) < 4.78 is 0. The summed E-state index contributed by atoms with van der Waals surface area (Å²) >= 11 is 0. The van der Waals surface area contributed by atoms with Crippen LogP contribution in [0, 0.1) is 0 Å². The number of hydrogen-bond donors (Lipinski definition) is 0. The molecule has 0 fully saturated rings. The summed E-state index contributed by atoms with van der Waals surface area (Å²) in [6.07, 6.45) is 0. The van der Waals surface area contributed by atoms with Crippen molar-refractivity contribution in [2.75, 3.05) is 0 Å². The molecule has 0 amide bonds. The predicted molar refractivity (Wildman–Crippen MR) is 159 cm³/mol. The smallest absolute Gasteiger partial charge is 0.160 e. The lowest BCUT2D eigenvalue weighted by Gasteiger charge is -2.12. The Hall–Kier alpha value is -5.08. The monoisotopic (exact) mass is 484 g/mol. The lowest BCUT2D eigenvalue weighted by atomic mass is 9.99. The van der Waals surface area contributed by atoms with Crippen molar-refractivity contribution in [1.29, 1.82) is 0 Å². The van der Waals surface area contributed by atoms with Gasteiger partial charge < -0.3 is 0 Å². The van der Waals surface area contributed by atoms with Crippen LogP contribution >= 0.6 is 0 Å². The van der Waals surface area contributed by atoms with Crippen LogP contribution in [0.5, 0.6) is 0 Å². The van der Waals surface area contributed by atoms with E-state index in [0.29, 0.717) is 0 Å². The second kappa shape index (κ2) is 9.42. The minimum atomic E-state index is 0.722. The number of nitrogens with zero attached hydrogens (tertiary/aromatic N) is 2. The summed E-state index contributed by atoms with van der Waals surface area (Å²) in [4.78, 5) is 10.1. The van der Waals surface area contributed by atoms with Crippen molar-refractivity contribution in [3.05, 3.63) is 146 Å². The van der Waals surface area contributed by atoms with Gasteiger partial charge in [-0.1, -0.05) is 133 Å². The fourth-order valence-corrected chi connectivity index (χ4v) is 5.10. The number of benzene rings is 6. The molecule has 0 aliphatic carbocycles. The first-order valence-electron chi connectivity index (χ1n) is 12.8. The molecule has 7 aromatic rings. The van der Waals surface area contributed by atoms with Gasteiger partial charge in [-0.05, 0) is 44.8 Å². The van der Waals surface area contributed by atoms with Crippen LogP contribution in [0.2, 0.25) is 0 Å². The van der Waals surface area contributed by atoms with E-state index < -0.39 is 0 Å². The minimum Gasteiger partial charge on any atom is -0.228 e. The Kier molecular flexibility index (Phi) is 5.49. The van der Waals surface area contributed by atoms with Crippen molar-refractivity contribution in [2.45, 2.75) is 0 Å². The summed E-state index contributed by atoms with van der Waals surface area (Å²) in [7, 11) is 0. The largest absolute Gasteiger partial charge is 0.228 e. The zero-order chi connectivity index (χ0) is 25.3. The van der Waals surface area contributed by atoms with E-state index in [1.54, 1.807) is 0 Å². The molecule has 6 aromatic carbocycles. The third-order valence-electron chi connectivity index (χ3n) is 7.09. The van der Waals surface area contributed by atoms with Gasteiger partial charge in [-0.2, -0.15) is 0 Å². The van der Waals surface area contributed by atoms with E-state index in [4.69, 9.17) is 9.97 Å². The summed E-state index contributed by atoms with van der Waals surface area (Å²) in [6.45, 7) is 0. The maximum absolute atomic E-state index is 5.08. The topological polar surface area (TPSA) is 25.8 Å². The maximum Gasteiger partial charge on any atom is 0.160 e. The van der Waals surface area contributed by atoms with Gasteiger partial charge in [-0.3, -0.25) is 0 Å². The van der Waals surface area contributed by atoms with Crippen molar-refractivity contribution < 1.29 is 0 Å². The van der Waals surface area contributed by atoms with Gasteiger partial charge in [-0.25, -0.2) is 9.97 Å². The highest BCUT2D eigenvalue weighted by atomic mass is 14.9. The van der Waals surface area contributed by atoms with Gasteiger partial charge >= 0.3 is 0 Å². The van der Waals surface area contributed by atoms with E-state index in [-0.39, 0.29) is 0 Å². The zero-order valence-electron chi connectivity index (χ0n) is 20.8. The first kappa shape index (κ1) is 22.1. The third-order valence-corrected chi connectivity index (χ3v) is 7.09. The van der Waals surface area contributed by atoms with Gasteiger partial charge in [0.15, 0.2) is 5.82 Å². The van der Waals surface area contributed by atoms with E-state index >= 15 is 0 Å². The first-order chi connectivity index (χ1) is 18.8. The first-order valence-corrected chi connectivity index (χ1v) is 12.8. The lowest BCUT2D eigenvalue weighted by Crippen LogP contribution is -1.96. The maximum atomic E-state index is 5.08. The Morgan fingerprint density at radius 2 is 0.974 bits per heavy atom. The van der Waals surface area contributed by atoms with Gasteiger partial charge in [0.25, 0.3) is 0 Å². The molecule has 0 aliphatic heterocycles. The molecule has 1 aromatic heterocycles. The van der Waals surface area contributed by atoms with Crippen molar-refractivity contribution in [1.82, 2.24) is 9.97 Å². The summed E-state index contributed by atoms with van der Waals surface area (Å²) in [5.74, 6) is 0.722. The normalized spacial score (nSPS) is 11.2. The average molecular weight is 485 g/mol. The van der Waals surface area contributed by atoms with Gasteiger partial charge in [0.2, 0.25) is 0 Å². The standard InChI is InChI=1S/C36H24N2/c1-2-11-28(12-3-1)34-24-35(33-16-8-14-27-10-6-7-15-32(27)33)38-36(37-34)29-20-17-26(18-21-29)31-22-19-25-9-4-5-13-30(25)23-31/h1-24H. The summed E-state index contributed by atoms with van der Waals surface area (Å²) in [6, 6.07) is 50.9. The van der Waals surface area contributed by atoms with E-state index in [2.05, 4.69) is 127 Å². The van der Waals surface area contributed by atoms with E-state index in [1.165, 1.54) is 32.7 Å². The van der Waals surface area contributed by atoms with Crippen LogP contribution in [0.4, 0.5) is 0 Å². The fourth-order valence-electron chi connectivity index (χ4n) is 5.10. The second-order valence-electron chi connectivity index (χ2n) is 9.49. The molecule has 0 spiro atoms. The number of fused-ring (bicyclic) bond motifs is 2. The molecule has 0 aliphatic rings. The molecule has 0 N–H and O–H groups in total. The number of hydrogen-bond acceptors (Lipinski definition) is 2. The molecule has 178 valence electrons. The molecule has 0 bridgehead atoms. The molecule has 0 saturated carbocycles. The third kappa shape index (κ3) is 4.12. The molecule has 2 heteroatoms. The van der Waals surface area contributed by atoms with Gasteiger partial charge in [0.05, 0.1) is 11.4 Å². The molecular formula is C36H24N2. The molecular weight excluding hydrogens is 460 g/mol. The molecule has 0 unspecified atom stereocenters. The highest BCUT2D eigenvalue weighted by Crippen LogP contribution is 2.32. The lowest BCUT2D eigenvalue weighted by molar-refractivity contribution is 1.18. The molecule has 0 saturated heterocycles. The predicted octanol–water partition coefficient (Wildman–Crippen LogP) is 9.45. The van der Waals surface area contributed by atoms with Crippen LogP contribution in [-0.4, -0.2) is 9.97 Å². The van der Waals surface area contributed by atoms with Crippen LogP contribution in [-0.2, 0) is 0 Å². The van der Waals surface area contributed by atoms with Gasteiger partial charge in [0.1, 0.15) is 0 Å². The van der Waals surface area contributed by atoms with Crippen LogP contribution in [0.25, 0.3) is 66.6 Å². The molecule has 38 heavy (non-hydrogen) atoms. The molecule has 2 nitrogen and oxygen atoms in total.